The van der Waals surface area contributed by atoms with Gasteiger partial charge in [-0.3, -0.25) is 4.79 Å². The molecule has 100 valence electrons. The van der Waals surface area contributed by atoms with Crippen LogP contribution >= 0.6 is 22.9 Å². The number of amides is 1. The molecule has 1 aromatic carbocycles. The van der Waals surface area contributed by atoms with Gasteiger partial charge >= 0.3 is 0 Å². The summed E-state index contributed by atoms with van der Waals surface area (Å²) < 4.78 is 0. The molecular formula is C14H14ClNO2S. The van der Waals surface area contributed by atoms with Gasteiger partial charge in [-0.2, -0.15) is 0 Å². The van der Waals surface area contributed by atoms with Gasteiger partial charge in [-0.05, 0) is 36.4 Å². The Labute approximate surface area is 120 Å². The molecule has 5 heteroatoms. The standard InChI is InChI=1S/C14H14ClNO2S/c15-11-6-2-7-12(14(11)18)16-13(17)8-1-4-10-5-3-9-19-10/h2-3,5-7,9,18H,1,4,8H2,(H,16,17). The molecule has 0 aliphatic carbocycles. The van der Waals surface area contributed by atoms with E-state index in [1.165, 1.54) is 4.88 Å². The third-order valence-electron chi connectivity index (χ3n) is 2.67. The number of thiophene rings is 1. The molecule has 0 saturated carbocycles. The van der Waals surface area contributed by atoms with E-state index in [4.69, 9.17) is 11.6 Å². The van der Waals surface area contributed by atoms with Crippen LogP contribution in [0.15, 0.2) is 35.7 Å². The van der Waals surface area contributed by atoms with Crippen molar-refractivity contribution in [2.75, 3.05) is 5.32 Å². The number of halogens is 1. The Bertz CT molecular complexity index is 555. The molecule has 1 amide bonds. The average molecular weight is 296 g/mol. The number of benzene rings is 1. The minimum Gasteiger partial charge on any atom is -0.504 e. The Morgan fingerprint density at radius 2 is 2.16 bits per heavy atom. The quantitative estimate of drug-likeness (QED) is 0.817. The van der Waals surface area contributed by atoms with E-state index < -0.39 is 0 Å². The lowest BCUT2D eigenvalue weighted by atomic mass is 10.2. The van der Waals surface area contributed by atoms with Crippen LogP contribution in [0.25, 0.3) is 0 Å². The van der Waals surface area contributed by atoms with Crippen molar-refractivity contribution in [2.45, 2.75) is 19.3 Å². The van der Waals surface area contributed by atoms with Crippen LogP contribution in [0.2, 0.25) is 5.02 Å². The summed E-state index contributed by atoms with van der Waals surface area (Å²) in [7, 11) is 0. The first-order valence-corrected chi connectivity index (χ1v) is 7.22. The van der Waals surface area contributed by atoms with Crippen molar-refractivity contribution in [2.24, 2.45) is 0 Å². The zero-order chi connectivity index (χ0) is 13.7. The maximum atomic E-state index is 11.7. The second-order valence-electron chi connectivity index (χ2n) is 4.12. The molecule has 0 radical (unpaired) electrons. The fourth-order valence-electron chi connectivity index (χ4n) is 1.71. The summed E-state index contributed by atoms with van der Waals surface area (Å²) in [4.78, 5) is 13.0. The molecule has 0 atom stereocenters. The molecule has 3 nitrogen and oxygen atoms in total. The summed E-state index contributed by atoms with van der Waals surface area (Å²) in [6, 6.07) is 8.94. The first-order chi connectivity index (χ1) is 9.16. The van der Waals surface area contributed by atoms with Crippen molar-refractivity contribution in [3.8, 4) is 5.75 Å². The van der Waals surface area contributed by atoms with Crippen LogP contribution in [-0.4, -0.2) is 11.0 Å². The van der Waals surface area contributed by atoms with Gasteiger partial charge in [0.2, 0.25) is 5.91 Å². The Morgan fingerprint density at radius 1 is 1.32 bits per heavy atom. The molecule has 0 saturated heterocycles. The first-order valence-electron chi connectivity index (χ1n) is 5.96. The molecule has 0 spiro atoms. The number of carbonyl (C=O) groups excluding carboxylic acids is 1. The van der Waals surface area contributed by atoms with Gasteiger partial charge in [0.05, 0.1) is 10.7 Å². The van der Waals surface area contributed by atoms with E-state index in [0.717, 1.165) is 12.8 Å². The first kappa shape index (κ1) is 13.9. The Kier molecular flexibility index (Phi) is 4.82. The Hall–Kier alpha value is -1.52. The molecule has 2 rings (SSSR count). The third-order valence-corrected chi connectivity index (χ3v) is 3.91. The van der Waals surface area contributed by atoms with E-state index >= 15 is 0 Å². The molecule has 2 N–H and O–H groups in total. The number of aryl methyl sites for hydroxylation is 1. The lowest BCUT2D eigenvalue weighted by Crippen LogP contribution is -2.11. The average Bonchev–Trinajstić information content (AvgIpc) is 2.88. The molecule has 1 heterocycles. The number of hydrogen-bond donors (Lipinski definition) is 2. The smallest absolute Gasteiger partial charge is 0.224 e. The maximum absolute atomic E-state index is 11.7. The molecule has 19 heavy (non-hydrogen) atoms. The van der Waals surface area contributed by atoms with Gasteiger partial charge in [-0.25, -0.2) is 0 Å². The van der Waals surface area contributed by atoms with E-state index in [0.29, 0.717) is 12.1 Å². The van der Waals surface area contributed by atoms with Gasteiger partial charge in [0.15, 0.2) is 5.75 Å². The molecule has 2 aromatic rings. The summed E-state index contributed by atoms with van der Waals surface area (Å²) in [5, 5.41) is 14.6. The van der Waals surface area contributed by atoms with Crippen molar-refractivity contribution in [3.63, 3.8) is 0 Å². The summed E-state index contributed by atoms with van der Waals surface area (Å²) >= 11 is 7.46. The highest BCUT2D eigenvalue weighted by molar-refractivity contribution is 7.09. The van der Waals surface area contributed by atoms with Crippen LogP contribution in [0.1, 0.15) is 17.7 Å². The highest BCUT2D eigenvalue weighted by Gasteiger charge is 2.08. The van der Waals surface area contributed by atoms with Crippen LogP contribution < -0.4 is 5.32 Å². The zero-order valence-corrected chi connectivity index (χ0v) is 11.8. The predicted molar refractivity (Wildman–Crippen MR) is 79.0 cm³/mol. The fourth-order valence-corrected chi connectivity index (χ4v) is 2.63. The maximum Gasteiger partial charge on any atom is 0.224 e. The number of phenols is 1. The molecular weight excluding hydrogens is 282 g/mol. The second-order valence-corrected chi connectivity index (χ2v) is 5.56. The minimum atomic E-state index is -0.117. The van der Waals surface area contributed by atoms with Gasteiger partial charge in [-0.1, -0.05) is 23.7 Å². The van der Waals surface area contributed by atoms with E-state index in [1.807, 2.05) is 11.4 Å². The monoisotopic (exact) mass is 295 g/mol. The predicted octanol–water partition coefficient (Wildman–Crippen LogP) is 4.07. The van der Waals surface area contributed by atoms with Crippen LogP contribution in [0.4, 0.5) is 5.69 Å². The number of para-hydroxylation sites is 1. The largest absolute Gasteiger partial charge is 0.504 e. The fraction of sp³-hybridized carbons (Fsp3) is 0.214. The molecule has 0 bridgehead atoms. The van der Waals surface area contributed by atoms with E-state index in [-0.39, 0.29) is 16.7 Å². The highest BCUT2D eigenvalue weighted by Crippen LogP contribution is 2.31. The van der Waals surface area contributed by atoms with Gasteiger partial charge in [-0.15, -0.1) is 11.3 Å². The van der Waals surface area contributed by atoms with Crippen molar-refractivity contribution in [1.82, 2.24) is 0 Å². The zero-order valence-electron chi connectivity index (χ0n) is 10.2. The van der Waals surface area contributed by atoms with E-state index in [2.05, 4.69) is 11.4 Å². The summed E-state index contributed by atoms with van der Waals surface area (Å²) in [5.41, 5.74) is 0.355. The summed E-state index contributed by atoms with van der Waals surface area (Å²) in [6.45, 7) is 0. The van der Waals surface area contributed by atoms with Crippen LogP contribution in [0.5, 0.6) is 5.75 Å². The molecule has 0 unspecified atom stereocenters. The van der Waals surface area contributed by atoms with Crippen LogP contribution in [-0.2, 0) is 11.2 Å². The van der Waals surface area contributed by atoms with Crippen LogP contribution in [0.3, 0.4) is 0 Å². The van der Waals surface area contributed by atoms with Gasteiger partial charge < -0.3 is 10.4 Å². The van der Waals surface area contributed by atoms with Crippen molar-refractivity contribution in [3.05, 3.63) is 45.6 Å². The SMILES string of the molecule is O=C(CCCc1cccs1)Nc1cccc(Cl)c1O. The van der Waals surface area contributed by atoms with E-state index in [1.54, 1.807) is 29.5 Å². The lowest BCUT2D eigenvalue weighted by Gasteiger charge is -2.07. The lowest BCUT2D eigenvalue weighted by molar-refractivity contribution is -0.116. The summed E-state index contributed by atoms with van der Waals surface area (Å²) in [5.74, 6) is -0.204. The van der Waals surface area contributed by atoms with Crippen molar-refractivity contribution in [1.29, 1.82) is 0 Å². The minimum absolute atomic E-state index is 0.0872. The molecule has 0 aliphatic rings. The van der Waals surface area contributed by atoms with Crippen LogP contribution in [0, 0.1) is 0 Å². The third kappa shape index (κ3) is 3.98. The Balaban J connectivity index is 1.82. The molecule has 1 aromatic heterocycles. The number of nitrogens with one attached hydrogen (secondary N) is 1. The molecule has 0 fully saturated rings. The Morgan fingerprint density at radius 3 is 2.89 bits per heavy atom. The number of anilines is 1. The number of phenolic OH excluding ortho intramolecular Hbond substituents is 1. The molecule has 0 aliphatic heterocycles. The van der Waals surface area contributed by atoms with Crippen molar-refractivity contribution >= 4 is 34.5 Å². The topological polar surface area (TPSA) is 49.3 Å². The number of hydrogen-bond acceptors (Lipinski definition) is 3. The van der Waals surface area contributed by atoms with Gasteiger partial charge in [0.25, 0.3) is 0 Å². The van der Waals surface area contributed by atoms with Crippen molar-refractivity contribution < 1.29 is 9.90 Å². The number of aromatic hydroxyl groups is 1. The number of rotatable bonds is 5. The summed E-state index contributed by atoms with van der Waals surface area (Å²) in [6.07, 6.45) is 2.10. The van der Waals surface area contributed by atoms with Gasteiger partial charge in [0, 0.05) is 11.3 Å². The number of carbonyl (C=O) groups is 1. The van der Waals surface area contributed by atoms with E-state index in [9.17, 15) is 9.90 Å². The normalized spacial score (nSPS) is 10.4. The van der Waals surface area contributed by atoms with Gasteiger partial charge in [0.1, 0.15) is 0 Å². The second kappa shape index (κ2) is 6.59. The highest BCUT2D eigenvalue weighted by atomic mass is 35.5.